The van der Waals surface area contributed by atoms with Crippen molar-refractivity contribution in [2.75, 3.05) is 5.75 Å². The third-order valence-corrected chi connectivity index (χ3v) is 5.82. The molecule has 0 aliphatic rings. The number of thioether (sulfide) groups is 1. The molecule has 0 radical (unpaired) electrons. The predicted molar refractivity (Wildman–Crippen MR) is 80.4 cm³/mol. The van der Waals surface area contributed by atoms with Crippen LogP contribution in [0.3, 0.4) is 0 Å². The van der Waals surface area contributed by atoms with E-state index in [1.165, 1.54) is 33.7 Å². The molecular weight excluding hydrogens is 302 g/mol. The van der Waals surface area contributed by atoms with Crippen molar-refractivity contribution in [3.05, 3.63) is 20.8 Å². The first kappa shape index (κ1) is 14.6. The Labute approximate surface area is 115 Å². The van der Waals surface area contributed by atoms with E-state index in [4.69, 9.17) is 5.73 Å². The van der Waals surface area contributed by atoms with Gasteiger partial charge in [0.15, 0.2) is 0 Å². The fourth-order valence-corrected chi connectivity index (χ4v) is 4.58. The van der Waals surface area contributed by atoms with Gasteiger partial charge in [0, 0.05) is 10.9 Å². The summed E-state index contributed by atoms with van der Waals surface area (Å²) < 4.78 is 1.20. The van der Waals surface area contributed by atoms with Gasteiger partial charge in [-0.1, -0.05) is 19.8 Å². The molecule has 1 aromatic rings. The molecule has 0 aliphatic heterocycles. The topological polar surface area (TPSA) is 26.0 Å². The Morgan fingerprint density at radius 1 is 1.44 bits per heavy atom. The van der Waals surface area contributed by atoms with Crippen molar-refractivity contribution in [3.8, 4) is 0 Å². The molecule has 0 aliphatic carbocycles. The molecular formula is C12H20BrNS2. The van der Waals surface area contributed by atoms with Crippen molar-refractivity contribution in [1.29, 1.82) is 0 Å². The lowest BCUT2D eigenvalue weighted by molar-refractivity contribution is 0.724. The molecule has 0 spiro atoms. The van der Waals surface area contributed by atoms with Crippen LogP contribution in [0.1, 0.15) is 43.2 Å². The largest absolute Gasteiger partial charge is 0.327 e. The molecule has 0 saturated heterocycles. The second-order valence-corrected chi connectivity index (χ2v) is 7.74. The lowest BCUT2D eigenvalue weighted by Gasteiger charge is -2.18. The van der Waals surface area contributed by atoms with Crippen LogP contribution in [-0.4, -0.2) is 11.8 Å². The average molecular weight is 322 g/mol. The van der Waals surface area contributed by atoms with E-state index in [1.54, 1.807) is 11.3 Å². The van der Waals surface area contributed by atoms with Crippen molar-refractivity contribution in [3.63, 3.8) is 0 Å². The minimum atomic E-state index is 0.220. The quantitative estimate of drug-likeness (QED) is 0.728. The summed E-state index contributed by atoms with van der Waals surface area (Å²) in [5, 5.41) is 0.452. The van der Waals surface area contributed by atoms with Gasteiger partial charge in [0.05, 0.1) is 9.04 Å². The van der Waals surface area contributed by atoms with Gasteiger partial charge in [-0.2, -0.15) is 11.8 Å². The third kappa shape index (κ3) is 4.78. The van der Waals surface area contributed by atoms with Crippen molar-refractivity contribution in [2.24, 2.45) is 5.73 Å². The van der Waals surface area contributed by atoms with E-state index in [-0.39, 0.29) is 6.04 Å². The molecule has 4 heteroatoms. The standard InChI is InChI=1S/C12H20BrNS2/c1-3-4-5-8-15-12(9(2)14)10-6-7-11(13)16-10/h6-7,9,12H,3-5,8,14H2,1-2H3. The van der Waals surface area contributed by atoms with Crippen LogP contribution in [0.4, 0.5) is 0 Å². The number of halogens is 1. The van der Waals surface area contributed by atoms with Crippen LogP contribution in [0.5, 0.6) is 0 Å². The first-order valence-corrected chi connectivity index (χ1v) is 8.43. The second-order valence-electron chi connectivity index (χ2n) is 4.00. The second kappa shape index (κ2) is 7.75. The van der Waals surface area contributed by atoms with Gasteiger partial charge in [-0.15, -0.1) is 11.3 Å². The van der Waals surface area contributed by atoms with Gasteiger partial charge in [-0.3, -0.25) is 0 Å². The number of unbranched alkanes of at least 4 members (excludes halogenated alkanes) is 2. The maximum atomic E-state index is 6.06. The Bertz CT molecular complexity index is 299. The summed E-state index contributed by atoms with van der Waals surface area (Å²) in [7, 11) is 0. The van der Waals surface area contributed by atoms with E-state index in [1.807, 2.05) is 11.8 Å². The highest BCUT2D eigenvalue weighted by Crippen LogP contribution is 2.37. The van der Waals surface area contributed by atoms with Gasteiger partial charge in [-0.05, 0) is 47.2 Å². The fraction of sp³-hybridized carbons (Fsp3) is 0.667. The van der Waals surface area contributed by atoms with Crippen LogP contribution >= 0.6 is 39.0 Å². The zero-order chi connectivity index (χ0) is 12.0. The molecule has 2 unspecified atom stereocenters. The molecule has 0 fully saturated rings. The summed E-state index contributed by atoms with van der Waals surface area (Å²) in [6.07, 6.45) is 3.91. The Kier molecular flexibility index (Phi) is 7.04. The first-order chi connectivity index (χ1) is 7.65. The molecule has 92 valence electrons. The molecule has 1 heterocycles. The first-order valence-electron chi connectivity index (χ1n) is 5.77. The molecule has 0 amide bonds. The number of hydrogen-bond donors (Lipinski definition) is 1. The highest BCUT2D eigenvalue weighted by molar-refractivity contribution is 9.11. The zero-order valence-electron chi connectivity index (χ0n) is 9.91. The summed E-state index contributed by atoms with van der Waals surface area (Å²) in [6.45, 7) is 4.34. The van der Waals surface area contributed by atoms with Crippen molar-refractivity contribution >= 4 is 39.0 Å². The minimum absolute atomic E-state index is 0.220. The summed E-state index contributed by atoms with van der Waals surface area (Å²) in [6, 6.07) is 4.52. The Balaban J connectivity index is 2.48. The van der Waals surface area contributed by atoms with Crippen LogP contribution in [0, 0.1) is 0 Å². The van der Waals surface area contributed by atoms with Crippen LogP contribution in [0.15, 0.2) is 15.9 Å². The molecule has 16 heavy (non-hydrogen) atoms. The van der Waals surface area contributed by atoms with E-state index in [0.29, 0.717) is 5.25 Å². The monoisotopic (exact) mass is 321 g/mol. The molecule has 0 aromatic carbocycles. The normalized spacial score (nSPS) is 15.0. The zero-order valence-corrected chi connectivity index (χ0v) is 13.1. The van der Waals surface area contributed by atoms with Crippen molar-refractivity contribution in [2.45, 2.75) is 44.4 Å². The summed E-state index contributed by atoms with van der Waals surface area (Å²) in [5.41, 5.74) is 6.06. The Hall–Kier alpha value is 0.490. The molecule has 1 aromatic heterocycles. The third-order valence-electron chi connectivity index (χ3n) is 2.40. The summed E-state index contributed by atoms with van der Waals surface area (Å²) in [4.78, 5) is 1.39. The van der Waals surface area contributed by atoms with E-state index in [0.717, 1.165) is 0 Å². The lowest BCUT2D eigenvalue weighted by atomic mass is 10.2. The summed E-state index contributed by atoms with van der Waals surface area (Å²) >= 11 is 7.32. The van der Waals surface area contributed by atoms with E-state index in [9.17, 15) is 0 Å². The van der Waals surface area contributed by atoms with Gasteiger partial charge >= 0.3 is 0 Å². The van der Waals surface area contributed by atoms with Gasteiger partial charge in [0.2, 0.25) is 0 Å². The molecule has 0 saturated carbocycles. The molecule has 0 bridgehead atoms. The van der Waals surface area contributed by atoms with Crippen LogP contribution in [0.2, 0.25) is 0 Å². The molecule has 1 nitrogen and oxygen atoms in total. The lowest BCUT2D eigenvalue weighted by Crippen LogP contribution is -2.22. The Morgan fingerprint density at radius 2 is 2.19 bits per heavy atom. The maximum absolute atomic E-state index is 6.06. The van der Waals surface area contributed by atoms with Crippen molar-refractivity contribution in [1.82, 2.24) is 0 Å². The van der Waals surface area contributed by atoms with Gasteiger partial charge in [-0.25, -0.2) is 0 Å². The SMILES string of the molecule is CCCCCSC(c1ccc(Br)s1)C(C)N. The van der Waals surface area contributed by atoms with Gasteiger partial charge < -0.3 is 5.73 Å². The average Bonchev–Trinajstić information content (AvgIpc) is 2.64. The van der Waals surface area contributed by atoms with E-state index in [2.05, 4.69) is 41.9 Å². The number of nitrogens with two attached hydrogens (primary N) is 1. The predicted octanol–water partition coefficient (Wildman–Crippen LogP) is 4.82. The minimum Gasteiger partial charge on any atom is -0.327 e. The molecule has 2 N–H and O–H groups in total. The highest BCUT2D eigenvalue weighted by Gasteiger charge is 2.18. The van der Waals surface area contributed by atoms with Crippen LogP contribution in [0.25, 0.3) is 0 Å². The summed E-state index contributed by atoms with van der Waals surface area (Å²) in [5.74, 6) is 1.22. The molecule has 1 rings (SSSR count). The van der Waals surface area contributed by atoms with Crippen LogP contribution < -0.4 is 5.73 Å². The fourth-order valence-electron chi connectivity index (χ4n) is 1.54. The number of hydrogen-bond acceptors (Lipinski definition) is 3. The molecule has 2 atom stereocenters. The highest BCUT2D eigenvalue weighted by atomic mass is 79.9. The number of rotatable bonds is 7. The number of thiophene rings is 1. The smallest absolute Gasteiger partial charge is 0.0701 e. The maximum Gasteiger partial charge on any atom is 0.0701 e. The van der Waals surface area contributed by atoms with Crippen molar-refractivity contribution < 1.29 is 0 Å². The van der Waals surface area contributed by atoms with Crippen LogP contribution in [-0.2, 0) is 0 Å². The van der Waals surface area contributed by atoms with Gasteiger partial charge in [0.25, 0.3) is 0 Å². The van der Waals surface area contributed by atoms with E-state index >= 15 is 0 Å². The Morgan fingerprint density at radius 3 is 2.69 bits per heavy atom. The van der Waals surface area contributed by atoms with Gasteiger partial charge in [0.1, 0.15) is 0 Å². The van der Waals surface area contributed by atoms with E-state index < -0.39 is 0 Å².